The lowest BCUT2D eigenvalue weighted by molar-refractivity contribution is -0.397. The van der Waals surface area contributed by atoms with Gasteiger partial charge in [-0.05, 0) is 53.9 Å². The molecule has 0 aromatic heterocycles. The zero-order valence-electron chi connectivity index (χ0n) is 23.4. The molecule has 6 nitrogen and oxygen atoms in total. The molecule has 0 aromatic carbocycles. The van der Waals surface area contributed by atoms with Gasteiger partial charge in [0.25, 0.3) is 0 Å². The van der Waals surface area contributed by atoms with Crippen LogP contribution in [-0.4, -0.2) is 64.8 Å². The molecule has 37 heavy (non-hydrogen) atoms. The van der Waals surface area contributed by atoms with E-state index in [4.69, 9.17) is 27.5 Å². The van der Waals surface area contributed by atoms with E-state index in [0.29, 0.717) is 19.3 Å². The van der Waals surface area contributed by atoms with Gasteiger partial charge >= 0.3 is 21.2 Å². The highest BCUT2D eigenvalue weighted by atomic mass is 28.4. The van der Waals surface area contributed by atoms with Gasteiger partial charge in [0.05, 0.1) is 0 Å². The third kappa shape index (κ3) is 14.0. The minimum atomic E-state index is -4.56. The topological polar surface area (TPSA) is 55.4 Å². The molecule has 0 aromatic rings. The third-order valence-electron chi connectivity index (χ3n) is 4.99. The fourth-order valence-electron chi connectivity index (χ4n) is 3.58. The first kappa shape index (κ1) is 36.6. The number of halogens is 6. The van der Waals surface area contributed by atoms with E-state index in [1.807, 2.05) is 0 Å². The number of hydrogen-bond donors (Lipinski definition) is 0. The summed E-state index contributed by atoms with van der Waals surface area (Å²) in [5.74, 6) is -4.18. The summed E-state index contributed by atoms with van der Waals surface area (Å²) in [6.45, 7) is 13.1. The highest BCUT2D eigenvalue weighted by molar-refractivity contribution is 6.61. The Hall–Kier alpha value is -0.443. The normalized spacial score (nSPS) is 15.6. The monoisotopic (exact) mass is 572 g/mol. The quantitative estimate of drug-likeness (QED) is 0.0844. The summed E-state index contributed by atoms with van der Waals surface area (Å²) >= 11 is 0. The summed E-state index contributed by atoms with van der Waals surface area (Å²) in [6.07, 6.45) is -12.3. The molecule has 0 saturated carbocycles. The molecule has 0 bridgehead atoms. The highest BCUT2D eigenvalue weighted by Gasteiger charge is 2.61. The van der Waals surface area contributed by atoms with Gasteiger partial charge in [-0.15, -0.1) is 0 Å². The van der Waals surface area contributed by atoms with Crippen LogP contribution in [0.4, 0.5) is 26.3 Å². The number of rotatable bonds is 20. The van der Waals surface area contributed by atoms with E-state index >= 15 is 0 Å². The molecule has 0 radical (unpaired) electrons. The van der Waals surface area contributed by atoms with Crippen LogP contribution in [0.5, 0.6) is 0 Å². The van der Waals surface area contributed by atoms with E-state index < -0.39 is 70.2 Å². The van der Waals surface area contributed by atoms with Crippen LogP contribution in [0.2, 0.25) is 6.04 Å². The second-order valence-electron chi connectivity index (χ2n) is 9.59. The highest BCUT2D eigenvalue weighted by Crippen LogP contribution is 2.43. The van der Waals surface area contributed by atoms with E-state index in [9.17, 15) is 26.3 Å². The zero-order valence-corrected chi connectivity index (χ0v) is 24.4. The Bertz CT molecular complexity index is 600. The summed E-state index contributed by atoms with van der Waals surface area (Å²) in [6, 6.07) is -0.658. The molecule has 0 saturated heterocycles. The van der Waals surface area contributed by atoms with E-state index in [1.165, 1.54) is 6.92 Å². The van der Waals surface area contributed by atoms with Gasteiger partial charge in [-0.25, -0.2) is 0 Å². The van der Waals surface area contributed by atoms with E-state index in [0.717, 1.165) is 0 Å². The van der Waals surface area contributed by atoms with Crippen LogP contribution in [0.15, 0.2) is 0 Å². The lowest BCUT2D eigenvalue weighted by Crippen LogP contribution is -2.66. The minimum Gasteiger partial charge on any atom is -0.371 e. The van der Waals surface area contributed by atoms with Crippen molar-refractivity contribution in [2.24, 2.45) is 0 Å². The summed E-state index contributed by atoms with van der Waals surface area (Å²) in [4.78, 5) is 0. The Balaban J connectivity index is 6.95. The average molecular weight is 573 g/mol. The van der Waals surface area contributed by atoms with Crippen LogP contribution in [0.1, 0.15) is 93.9 Å². The molecule has 0 aliphatic heterocycles. The molecule has 0 aliphatic rings. The van der Waals surface area contributed by atoms with Crippen LogP contribution in [0, 0.1) is 0 Å². The molecule has 0 heterocycles. The van der Waals surface area contributed by atoms with Crippen molar-refractivity contribution < 1.29 is 53.8 Å². The molecule has 224 valence electrons. The fourth-order valence-corrected chi connectivity index (χ4v) is 6.91. The van der Waals surface area contributed by atoms with Crippen LogP contribution in [-0.2, 0) is 27.5 Å². The van der Waals surface area contributed by atoms with Gasteiger partial charge in [0.15, 0.2) is 0 Å². The predicted molar refractivity (Wildman–Crippen MR) is 130 cm³/mol. The van der Waals surface area contributed by atoms with Crippen molar-refractivity contribution in [2.75, 3.05) is 19.8 Å². The Morgan fingerprint density at radius 2 is 1.03 bits per heavy atom. The van der Waals surface area contributed by atoms with Crippen LogP contribution >= 0.6 is 0 Å². The van der Waals surface area contributed by atoms with Crippen molar-refractivity contribution in [1.29, 1.82) is 0 Å². The van der Waals surface area contributed by atoms with Gasteiger partial charge in [-0.3, -0.25) is 0 Å². The maximum atomic E-state index is 13.4. The molecule has 0 amide bonds. The largest absolute Gasteiger partial charge is 0.504 e. The molecule has 0 N–H and O–H groups in total. The number of hydrogen-bond acceptors (Lipinski definition) is 6. The maximum absolute atomic E-state index is 13.4. The van der Waals surface area contributed by atoms with Crippen LogP contribution in [0.3, 0.4) is 0 Å². The number of alkyl halides is 6. The SMILES string of the molecule is CCCOC(C)(O[Si](CCC(F)(F)F)(OC(C)C)OC(C)C)C(CCC(F)(F)F)(OCCC)OCCC. The molecule has 0 fully saturated rings. The second-order valence-corrected chi connectivity index (χ2v) is 12.1. The predicted octanol–water partition coefficient (Wildman–Crippen LogP) is 7.78. The average Bonchev–Trinajstić information content (AvgIpc) is 2.74. The molecule has 0 rings (SSSR count). The maximum Gasteiger partial charge on any atom is 0.504 e. The Morgan fingerprint density at radius 1 is 0.622 bits per heavy atom. The van der Waals surface area contributed by atoms with Crippen molar-refractivity contribution >= 4 is 8.80 Å². The first-order valence-electron chi connectivity index (χ1n) is 13.0. The van der Waals surface area contributed by atoms with Crippen molar-refractivity contribution in [3.05, 3.63) is 0 Å². The summed E-state index contributed by atoms with van der Waals surface area (Å²) < 4.78 is 117. The van der Waals surface area contributed by atoms with Gasteiger partial charge in [-0.2, -0.15) is 26.3 Å². The molecular weight excluding hydrogens is 526 g/mol. The Morgan fingerprint density at radius 3 is 1.38 bits per heavy atom. The van der Waals surface area contributed by atoms with E-state index in [1.54, 1.807) is 48.5 Å². The molecular formula is C24H46F6O6Si. The smallest absolute Gasteiger partial charge is 0.371 e. The van der Waals surface area contributed by atoms with Gasteiger partial charge < -0.3 is 27.5 Å². The summed E-state index contributed by atoms with van der Waals surface area (Å²) in [7, 11) is -4.27. The van der Waals surface area contributed by atoms with Gasteiger partial charge in [-0.1, -0.05) is 20.8 Å². The van der Waals surface area contributed by atoms with Crippen LogP contribution in [0.25, 0.3) is 0 Å². The number of ether oxygens (including phenoxy) is 3. The third-order valence-corrected chi connectivity index (χ3v) is 8.21. The van der Waals surface area contributed by atoms with Crippen molar-refractivity contribution in [1.82, 2.24) is 0 Å². The Kier molecular flexibility index (Phi) is 15.8. The lowest BCUT2D eigenvalue weighted by Gasteiger charge is -2.50. The zero-order chi connectivity index (χ0) is 29.0. The van der Waals surface area contributed by atoms with E-state index in [2.05, 4.69) is 0 Å². The summed E-state index contributed by atoms with van der Waals surface area (Å²) in [5.41, 5.74) is 0. The summed E-state index contributed by atoms with van der Waals surface area (Å²) in [5, 5.41) is 0. The van der Waals surface area contributed by atoms with Crippen molar-refractivity contribution in [3.63, 3.8) is 0 Å². The first-order chi connectivity index (χ1) is 16.9. The molecule has 1 atom stereocenters. The molecule has 13 heteroatoms. The first-order valence-corrected chi connectivity index (χ1v) is 14.9. The molecule has 0 aliphatic carbocycles. The lowest BCUT2D eigenvalue weighted by atomic mass is 10.0. The fraction of sp³-hybridized carbons (Fsp3) is 1.00. The second kappa shape index (κ2) is 16.0. The standard InChI is InChI=1S/C24H46F6O6Si/c1-9-15-31-21(8,22(32-16-10-2,33-17-11-3)12-13-23(25,26)27)36-37(34-19(4)5,35-20(6)7)18-14-24(28,29)30/h19-20H,9-18H2,1-8H3. The van der Waals surface area contributed by atoms with Crippen molar-refractivity contribution in [3.8, 4) is 0 Å². The molecule has 1 unspecified atom stereocenters. The van der Waals surface area contributed by atoms with Gasteiger partial charge in [0.2, 0.25) is 11.6 Å². The van der Waals surface area contributed by atoms with Gasteiger partial charge in [0.1, 0.15) is 0 Å². The van der Waals surface area contributed by atoms with Crippen LogP contribution < -0.4 is 0 Å². The van der Waals surface area contributed by atoms with E-state index in [-0.39, 0.29) is 19.8 Å². The molecule has 0 spiro atoms. The minimum absolute atomic E-state index is 0.00316. The van der Waals surface area contributed by atoms with Gasteiger partial charge in [0, 0.05) is 57.3 Å². The van der Waals surface area contributed by atoms with Crippen molar-refractivity contribution in [2.45, 2.75) is 136 Å². The Labute approximate surface area is 219 Å².